The molecule has 0 saturated carbocycles. The molecule has 140 valence electrons. The van der Waals surface area contributed by atoms with Crippen LogP contribution < -0.4 is 10.2 Å². The summed E-state index contributed by atoms with van der Waals surface area (Å²) in [5.74, 6) is -1.26. The summed E-state index contributed by atoms with van der Waals surface area (Å²) in [5, 5.41) is 2.80. The molecule has 0 atom stereocenters. The number of amides is 3. The molecule has 0 fully saturated rings. The van der Waals surface area contributed by atoms with E-state index >= 15 is 0 Å². The zero-order chi connectivity index (χ0) is 19.6. The van der Waals surface area contributed by atoms with Crippen LogP contribution in [0.1, 0.15) is 40.1 Å². The Kier molecular flexibility index (Phi) is 5.26. The minimum atomic E-state index is -0.431. The molecule has 0 unspecified atom stereocenters. The van der Waals surface area contributed by atoms with Crippen LogP contribution >= 0.6 is 0 Å². The number of aryl methyl sites for hydroxylation is 1. The van der Waals surface area contributed by atoms with E-state index in [4.69, 9.17) is 0 Å². The van der Waals surface area contributed by atoms with Gasteiger partial charge >= 0.3 is 0 Å². The van der Waals surface area contributed by atoms with Crippen molar-refractivity contribution in [2.45, 2.75) is 20.8 Å². The molecule has 6 nitrogen and oxygen atoms in total. The van der Waals surface area contributed by atoms with E-state index in [0.29, 0.717) is 16.8 Å². The minimum Gasteiger partial charge on any atom is -0.372 e. The van der Waals surface area contributed by atoms with Crippen molar-refractivity contribution in [2.75, 3.05) is 29.9 Å². The Morgan fingerprint density at radius 1 is 1.00 bits per heavy atom. The van der Waals surface area contributed by atoms with Gasteiger partial charge in [0.05, 0.1) is 11.1 Å². The van der Waals surface area contributed by atoms with Crippen LogP contribution in [0.25, 0.3) is 0 Å². The monoisotopic (exact) mass is 365 g/mol. The summed E-state index contributed by atoms with van der Waals surface area (Å²) >= 11 is 0. The molecular formula is C21H23N3O3. The second-order valence-electron chi connectivity index (χ2n) is 6.46. The van der Waals surface area contributed by atoms with E-state index in [2.05, 4.69) is 24.1 Å². The van der Waals surface area contributed by atoms with Gasteiger partial charge in [-0.3, -0.25) is 19.3 Å². The molecule has 6 heteroatoms. The Bertz CT molecular complexity index is 868. The maximum absolute atomic E-state index is 12.4. The van der Waals surface area contributed by atoms with E-state index in [9.17, 15) is 14.4 Å². The first-order valence-electron chi connectivity index (χ1n) is 9.07. The first kappa shape index (κ1) is 18.6. The van der Waals surface area contributed by atoms with Crippen molar-refractivity contribution >= 4 is 29.1 Å². The fourth-order valence-corrected chi connectivity index (χ4v) is 3.29. The van der Waals surface area contributed by atoms with Gasteiger partial charge in [-0.25, -0.2) is 0 Å². The number of imide groups is 1. The van der Waals surface area contributed by atoms with Crippen molar-refractivity contribution < 1.29 is 14.4 Å². The van der Waals surface area contributed by atoms with Crippen LogP contribution in [0.15, 0.2) is 42.5 Å². The number of rotatable bonds is 6. The van der Waals surface area contributed by atoms with Gasteiger partial charge in [-0.05, 0) is 56.7 Å². The number of fused-ring (bicyclic) bond motifs is 1. The largest absolute Gasteiger partial charge is 0.372 e. The molecule has 1 aliphatic heterocycles. The van der Waals surface area contributed by atoms with Gasteiger partial charge in [-0.1, -0.05) is 12.1 Å². The van der Waals surface area contributed by atoms with Gasteiger partial charge in [0, 0.05) is 24.5 Å². The molecule has 0 radical (unpaired) electrons. The normalized spacial score (nSPS) is 12.9. The van der Waals surface area contributed by atoms with Gasteiger partial charge in [0.1, 0.15) is 6.54 Å². The first-order valence-corrected chi connectivity index (χ1v) is 9.07. The fraction of sp³-hybridized carbons (Fsp3) is 0.286. The summed E-state index contributed by atoms with van der Waals surface area (Å²) in [6.07, 6.45) is 0. The van der Waals surface area contributed by atoms with E-state index in [0.717, 1.165) is 29.2 Å². The highest BCUT2D eigenvalue weighted by atomic mass is 16.2. The van der Waals surface area contributed by atoms with Gasteiger partial charge < -0.3 is 10.2 Å². The summed E-state index contributed by atoms with van der Waals surface area (Å²) in [7, 11) is 0. The molecule has 0 spiro atoms. The number of hydrogen-bond acceptors (Lipinski definition) is 4. The van der Waals surface area contributed by atoms with Crippen molar-refractivity contribution in [3.8, 4) is 0 Å². The summed E-state index contributed by atoms with van der Waals surface area (Å²) in [6.45, 7) is 7.62. The number of carbonyl (C=O) groups excluding carboxylic acids is 3. The van der Waals surface area contributed by atoms with Crippen molar-refractivity contribution in [3.05, 3.63) is 59.2 Å². The Morgan fingerprint density at radius 3 is 2.11 bits per heavy atom. The molecule has 2 aromatic carbocycles. The van der Waals surface area contributed by atoms with Crippen molar-refractivity contribution in [2.24, 2.45) is 0 Å². The standard InChI is InChI=1S/C21H23N3O3/c1-4-23(5-2)15-10-11-18(14(3)12-15)22-19(25)13-24-20(26)16-8-6-7-9-17(16)21(24)27/h6-12H,4-5,13H2,1-3H3,(H,22,25). The van der Waals surface area contributed by atoms with E-state index in [-0.39, 0.29) is 6.54 Å². The average Bonchev–Trinajstić information content (AvgIpc) is 2.90. The summed E-state index contributed by atoms with van der Waals surface area (Å²) in [5.41, 5.74) is 3.38. The van der Waals surface area contributed by atoms with Crippen molar-refractivity contribution in [3.63, 3.8) is 0 Å². The number of nitrogens with zero attached hydrogens (tertiary/aromatic N) is 2. The van der Waals surface area contributed by atoms with Gasteiger partial charge in [-0.2, -0.15) is 0 Å². The van der Waals surface area contributed by atoms with Crippen LogP contribution in [0.4, 0.5) is 11.4 Å². The maximum Gasteiger partial charge on any atom is 0.262 e. The lowest BCUT2D eigenvalue weighted by Crippen LogP contribution is -2.37. The lowest BCUT2D eigenvalue weighted by Gasteiger charge is -2.22. The zero-order valence-electron chi connectivity index (χ0n) is 15.8. The molecule has 1 aliphatic rings. The molecule has 0 aliphatic carbocycles. The van der Waals surface area contributed by atoms with Crippen LogP contribution in [-0.4, -0.2) is 42.3 Å². The summed E-state index contributed by atoms with van der Waals surface area (Å²) in [6, 6.07) is 12.4. The second-order valence-corrected chi connectivity index (χ2v) is 6.46. The second kappa shape index (κ2) is 7.61. The summed E-state index contributed by atoms with van der Waals surface area (Å²) in [4.78, 5) is 40.4. The average molecular weight is 365 g/mol. The van der Waals surface area contributed by atoms with E-state index in [1.807, 2.05) is 25.1 Å². The van der Waals surface area contributed by atoms with Gasteiger partial charge in [0.25, 0.3) is 11.8 Å². The number of carbonyl (C=O) groups is 3. The molecule has 1 N–H and O–H groups in total. The van der Waals surface area contributed by atoms with Crippen LogP contribution in [0.2, 0.25) is 0 Å². The predicted molar refractivity (Wildman–Crippen MR) is 105 cm³/mol. The highest BCUT2D eigenvalue weighted by Gasteiger charge is 2.36. The minimum absolute atomic E-state index is 0.302. The summed E-state index contributed by atoms with van der Waals surface area (Å²) < 4.78 is 0. The van der Waals surface area contributed by atoms with Crippen molar-refractivity contribution in [1.29, 1.82) is 0 Å². The Hall–Kier alpha value is -3.15. The lowest BCUT2D eigenvalue weighted by molar-refractivity contribution is -0.116. The van der Waals surface area contributed by atoms with Crippen LogP contribution in [0, 0.1) is 6.92 Å². The molecule has 2 aromatic rings. The topological polar surface area (TPSA) is 69.7 Å². The third kappa shape index (κ3) is 3.56. The lowest BCUT2D eigenvalue weighted by atomic mass is 10.1. The number of nitrogens with one attached hydrogen (secondary N) is 1. The third-order valence-electron chi connectivity index (χ3n) is 4.79. The highest BCUT2D eigenvalue weighted by Crippen LogP contribution is 2.24. The van der Waals surface area contributed by atoms with Crippen molar-refractivity contribution in [1.82, 2.24) is 4.90 Å². The number of hydrogen-bond donors (Lipinski definition) is 1. The SMILES string of the molecule is CCN(CC)c1ccc(NC(=O)CN2C(=O)c3ccccc3C2=O)c(C)c1. The van der Waals surface area contributed by atoms with Crippen LogP contribution in [0.3, 0.4) is 0 Å². The van der Waals surface area contributed by atoms with Gasteiger partial charge in [0.2, 0.25) is 5.91 Å². The Balaban J connectivity index is 1.70. The predicted octanol–water partition coefficient (Wildman–Crippen LogP) is 3.08. The highest BCUT2D eigenvalue weighted by molar-refractivity contribution is 6.22. The maximum atomic E-state index is 12.4. The van der Waals surface area contributed by atoms with Gasteiger partial charge in [0.15, 0.2) is 0 Å². The van der Waals surface area contributed by atoms with Gasteiger partial charge in [-0.15, -0.1) is 0 Å². The molecule has 0 saturated heterocycles. The molecule has 3 rings (SSSR count). The molecule has 3 amide bonds. The van der Waals surface area contributed by atoms with Crippen LogP contribution in [0.5, 0.6) is 0 Å². The van der Waals surface area contributed by atoms with E-state index in [1.165, 1.54) is 0 Å². The molecule has 27 heavy (non-hydrogen) atoms. The Labute approximate surface area is 158 Å². The van der Waals surface area contributed by atoms with E-state index in [1.54, 1.807) is 24.3 Å². The molecule has 1 heterocycles. The molecule has 0 aromatic heterocycles. The third-order valence-corrected chi connectivity index (χ3v) is 4.79. The van der Waals surface area contributed by atoms with Crippen LogP contribution in [-0.2, 0) is 4.79 Å². The Morgan fingerprint density at radius 2 is 1.59 bits per heavy atom. The number of benzene rings is 2. The molecular weight excluding hydrogens is 342 g/mol. The quantitative estimate of drug-likeness (QED) is 0.799. The molecule has 0 bridgehead atoms. The fourth-order valence-electron chi connectivity index (χ4n) is 3.29. The number of anilines is 2. The smallest absolute Gasteiger partial charge is 0.262 e. The first-order chi connectivity index (χ1) is 13.0. The van der Waals surface area contributed by atoms with E-state index < -0.39 is 17.7 Å². The zero-order valence-corrected chi connectivity index (χ0v) is 15.8.